The SMILES string of the molecule is Cc1ccccc1CO[Si]1CCCCO1. The third kappa shape index (κ3) is 3.16. The Morgan fingerprint density at radius 1 is 1.33 bits per heavy atom. The van der Waals surface area contributed by atoms with E-state index in [1.807, 2.05) is 0 Å². The van der Waals surface area contributed by atoms with Gasteiger partial charge in [0, 0.05) is 6.61 Å². The zero-order valence-electron chi connectivity index (χ0n) is 9.16. The van der Waals surface area contributed by atoms with Gasteiger partial charge < -0.3 is 8.85 Å². The van der Waals surface area contributed by atoms with Gasteiger partial charge in [0.15, 0.2) is 0 Å². The van der Waals surface area contributed by atoms with Crippen LogP contribution in [0.4, 0.5) is 0 Å². The van der Waals surface area contributed by atoms with E-state index in [-0.39, 0.29) is 0 Å². The van der Waals surface area contributed by atoms with Crippen molar-refractivity contribution < 1.29 is 8.85 Å². The minimum absolute atomic E-state index is 0.709. The highest BCUT2D eigenvalue weighted by Crippen LogP contribution is 2.15. The molecule has 1 aliphatic heterocycles. The molecule has 1 aliphatic rings. The summed E-state index contributed by atoms with van der Waals surface area (Å²) in [6.45, 7) is 3.72. The van der Waals surface area contributed by atoms with Crippen molar-refractivity contribution >= 4 is 9.28 Å². The Morgan fingerprint density at radius 3 is 2.93 bits per heavy atom. The molecule has 0 spiro atoms. The molecule has 1 radical (unpaired) electrons. The lowest BCUT2D eigenvalue weighted by Crippen LogP contribution is -2.26. The molecule has 81 valence electrons. The first-order chi connectivity index (χ1) is 7.36. The zero-order valence-corrected chi connectivity index (χ0v) is 10.2. The minimum atomic E-state index is -0.962. The van der Waals surface area contributed by atoms with Crippen LogP contribution in [-0.4, -0.2) is 15.9 Å². The van der Waals surface area contributed by atoms with Gasteiger partial charge in [-0.3, -0.25) is 0 Å². The highest BCUT2D eigenvalue weighted by atomic mass is 28.3. The summed E-state index contributed by atoms with van der Waals surface area (Å²) >= 11 is 0. The van der Waals surface area contributed by atoms with Crippen molar-refractivity contribution in [3.63, 3.8) is 0 Å². The van der Waals surface area contributed by atoms with Crippen LogP contribution in [-0.2, 0) is 15.5 Å². The van der Waals surface area contributed by atoms with Crippen LogP contribution >= 0.6 is 0 Å². The molecule has 1 aromatic rings. The number of benzene rings is 1. The fraction of sp³-hybridized carbons (Fsp3) is 0.500. The molecule has 1 saturated heterocycles. The van der Waals surface area contributed by atoms with Crippen molar-refractivity contribution in [2.75, 3.05) is 6.61 Å². The first kappa shape index (κ1) is 10.9. The number of aryl methyl sites for hydroxylation is 1. The average molecular weight is 221 g/mol. The van der Waals surface area contributed by atoms with Crippen molar-refractivity contribution in [2.24, 2.45) is 0 Å². The number of rotatable bonds is 3. The molecule has 1 fully saturated rings. The van der Waals surface area contributed by atoms with Crippen LogP contribution in [0.15, 0.2) is 24.3 Å². The van der Waals surface area contributed by atoms with Gasteiger partial charge in [0.1, 0.15) is 0 Å². The Hall–Kier alpha value is -0.643. The molecular weight excluding hydrogens is 204 g/mol. The van der Waals surface area contributed by atoms with Gasteiger partial charge in [-0.25, -0.2) is 0 Å². The maximum Gasteiger partial charge on any atom is 0.384 e. The quantitative estimate of drug-likeness (QED) is 0.731. The van der Waals surface area contributed by atoms with Gasteiger partial charge in [-0.15, -0.1) is 0 Å². The van der Waals surface area contributed by atoms with Crippen LogP contribution in [0.5, 0.6) is 0 Å². The fourth-order valence-corrected chi connectivity index (χ4v) is 3.27. The maximum atomic E-state index is 5.83. The van der Waals surface area contributed by atoms with E-state index in [4.69, 9.17) is 8.85 Å². The van der Waals surface area contributed by atoms with Crippen LogP contribution in [0.25, 0.3) is 0 Å². The predicted octanol–water partition coefficient (Wildman–Crippen LogP) is 2.81. The molecule has 0 bridgehead atoms. The highest BCUT2D eigenvalue weighted by molar-refractivity contribution is 6.44. The Labute approximate surface area is 93.1 Å². The molecule has 2 nitrogen and oxygen atoms in total. The van der Waals surface area contributed by atoms with Crippen LogP contribution in [0.2, 0.25) is 6.04 Å². The third-order valence-electron chi connectivity index (χ3n) is 2.69. The van der Waals surface area contributed by atoms with Crippen LogP contribution < -0.4 is 0 Å². The second-order valence-electron chi connectivity index (χ2n) is 3.89. The number of hydrogen-bond donors (Lipinski definition) is 0. The van der Waals surface area contributed by atoms with E-state index in [9.17, 15) is 0 Å². The number of hydrogen-bond acceptors (Lipinski definition) is 2. The van der Waals surface area contributed by atoms with Gasteiger partial charge in [-0.05, 0) is 36.9 Å². The van der Waals surface area contributed by atoms with Gasteiger partial charge in [0.05, 0.1) is 6.61 Å². The summed E-state index contributed by atoms with van der Waals surface area (Å²) in [5.74, 6) is 0. The largest absolute Gasteiger partial charge is 0.393 e. The van der Waals surface area contributed by atoms with Crippen molar-refractivity contribution in [1.82, 2.24) is 0 Å². The lowest BCUT2D eigenvalue weighted by molar-refractivity contribution is 0.170. The van der Waals surface area contributed by atoms with Crippen molar-refractivity contribution in [3.05, 3.63) is 35.4 Å². The second kappa shape index (κ2) is 5.44. The molecule has 1 aromatic carbocycles. The minimum Gasteiger partial charge on any atom is -0.393 e. The summed E-state index contributed by atoms with van der Waals surface area (Å²) in [7, 11) is -0.962. The lowest BCUT2D eigenvalue weighted by atomic mass is 10.1. The van der Waals surface area contributed by atoms with Crippen molar-refractivity contribution in [1.29, 1.82) is 0 Å². The topological polar surface area (TPSA) is 18.5 Å². The molecule has 0 aromatic heterocycles. The highest BCUT2D eigenvalue weighted by Gasteiger charge is 2.19. The van der Waals surface area contributed by atoms with E-state index >= 15 is 0 Å². The van der Waals surface area contributed by atoms with E-state index < -0.39 is 9.28 Å². The van der Waals surface area contributed by atoms with E-state index in [0.717, 1.165) is 12.7 Å². The Bertz CT molecular complexity index is 308. The summed E-state index contributed by atoms with van der Waals surface area (Å²) in [5, 5.41) is 0. The van der Waals surface area contributed by atoms with E-state index in [0.29, 0.717) is 6.61 Å². The molecule has 0 unspecified atom stereocenters. The zero-order chi connectivity index (χ0) is 10.5. The summed E-state index contributed by atoms with van der Waals surface area (Å²) < 4.78 is 11.4. The average Bonchev–Trinajstić information content (AvgIpc) is 2.29. The fourth-order valence-electron chi connectivity index (χ4n) is 1.67. The van der Waals surface area contributed by atoms with Crippen molar-refractivity contribution in [3.8, 4) is 0 Å². The molecule has 0 aliphatic carbocycles. The summed E-state index contributed by atoms with van der Waals surface area (Å²) in [6, 6.07) is 9.50. The van der Waals surface area contributed by atoms with Gasteiger partial charge in [-0.2, -0.15) is 0 Å². The van der Waals surface area contributed by atoms with E-state index in [2.05, 4.69) is 31.2 Å². The molecule has 2 rings (SSSR count). The Kier molecular flexibility index (Phi) is 3.94. The van der Waals surface area contributed by atoms with Gasteiger partial charge in [0.25, 0.3) is 0 Å². The second-order valence-corrected chi connectivity index (χ2v) is 5.71. The smallest absolute Gasteiger partial charge is 0.384 e. The van der Waals surface area contributed by atoms with Gasteiger partial charge >= 0.3 is 9.28 Å². The van der Waals surface area contributed by atoms with Crippen LogP contribution in [0.3, 0.4) is 0 Å². The van der Waals surface area contributed by atoms with Crippen LogP contribution in [0, 0.1) is 6.92 Å². The van der Waals surface area contributed by atoms with Crippen molar-refractivity contribution in [2.45, 2.75) is 32.4 Å². The maximum absolute atomic E-state index is 5.83. The van der Waals surface area contributed by atoms with Crippen LogP contribution in [0.1, 0.15) is 24.0 Å². The summed E-state index contributed by atoms with van der Waals surface area (Å²) in [5.41, 5.74) is 2.58. The Morgan fingerprint density at radius 2 is 2.20 bits per heavy atom. The molecular formula is C12H17O2Si. The lowest BCUT2D eigenvalue weighted by Gasteiger charge is -2.19. The van der Waals surface area contributed by atoms with Gasteiger partial charge in [-0.1, -0.05) is 24.3 Å². The first-order valence-corrected chi connectivity index (χ1v) is 7.04. The normalized spacial score (nSPS) is 17.9. The first-order valence-electron chi connectivity index (χ1n) is 5.52. The third-order valence-corrected chi connectivity index (χ3v) is 4.44. The molecule has 15 heavy (non-hydrogen) atoms. The standard InChI is InChI=1S/C12H17O2Si/c1-11-6-2-3-7-12(11)10-14-15-9-5-4-8-13-15/h2-3,6-7H,4-5,8-10H2,1H3. The summed E-state index contributed by atoms with van der Waals surface area (Å²) in [6.07, 6.45) is 2.46. The molecule has 0 N–H and O–H groups in total. The monoisotopic (exact) mass is 221 g/mol. The van der Waals surface area contributed by atoms with E-state index in [1.54, 1.807) is 0 Å². The van der Waals surface area contributed by atoms with E-state index in [1.165, 1.54) is 24.0 Å². The summed E-state index contributed by atoms with van der Waals surface area (Å²) in [4.78, 5) is 0. The van der Waals surface area contributed by atoms with Gasteiger partial charge in [0.2, 0.25) is 0 Å². The predicted molar refractivity (Wildman–Crippen MR) is 61.7 cm³/mol. The molecule has 0 amide bonds. The molecule has 1 heterocycles. The molecule has 0 saturated carbocycles. The molecule has 3 heteroatoms. The molecule has 0 atom stereocenters. The Balaban J connectivity index is 1.84.